The third-order valence-corrected chi connectivity index (χ3v) is 3.67. The zero-order valence-electron chi connectivity index (χ0n) is 12.9. The van der Waals surface area contributed by atoms with Crippen LogP contribution >= 0.6 is 0 Å². The molecule has 1 amide bonds. The molecule has 5 heteroatoms. The Labute approximate surface area is 135 Å². The topological polar surface area (TPSA) is 59.8 Å². The maximum atomic E-state index is 12.0. The molecule has 5 nitrogen and oxygen atoms in total. The Hall–Kier alpha value is -2.95. The van der Waals surface area contributed by atoms with Gasteiger partial charge in [0, 0.05) is 31.1 Å². The van der Waals surface area contributed by atoms with Gasteiger partial charge in [0.2, 0.25) is 0 Å². The van der Waals surface area contributed by atoms with Gasteiger partial charge in [0.05, 0.1) is 0 Å². The van der Waals surface area contributed by atoms with Gasteiger partial charge < -0.3 is 9.88 Å². The lowest BCUT2D eigenvalue weighted by molar-refractivity contribution is 0.0954. The summed E-state index contributed by atoms with van der Waals surface area (Å²) >= 11 is 0. The number of benzene rings is 2. The lowest BCUT2D eigenvalue weighted by Gasteiger charge is -2.06. The van der Waals surface area contributed by atoms with Gasteiger partial charge >= 0.3 is 0 Å². The number of carbonyl (C=O) groups is 1. The fraction of sp³-hybridized carbons (Fsp3) is 0.167. The van der Waals surface area contributed by atoms with Gasteiger partial charge in [-0.1, -0.05) is 48.5 Å². The highest BCUT2D eigenvalue weighted by molar-refractivity contribution is 5.94. The molecule has 0 saturated carbocycles. The van der Waals surface area contributed by atoms with Crippen molar-refractivity contribution < 1.29 is 4.79 Å². The monoisotopic (exact) mass is 306 g/mol. The predicted molar refractivity (Wildman–Crippen MR) is 88.9 cm³/mol. The molecule has 1 heterocycles. The second-order valence-corrected chi connectivity index (χ2v) is 5.24. The van der Waals surface area contributed by atoms with E-state index in [-0.39, 0.29) is 5.91 Å². The van der Waals surface area contributed by atoms with Gasteiger partial charge in [-0.25, -0.2) is 0 Å². The van der Waals surface area contributed by atoms with Gasteiger partial charge in [0.25, 0.3) is 5.91 Å². The van der Waals surface area contributed by atoms with Crippen molar-refractivity contribution in [2.45, 2.75) is 6.42 Å². The molecule has 116 valence electrons. The molecule has 0 aliphatic rings. The predicted octanol–water partition coefficient (Wildman–Crippen LogP) is 2.45. The molecule has 0 fully saturated rings. The summed E-state index contributed by atoms with van der Waals surface area (Å²) in [6.07, 6.45) is 0.634. The molecule has 0 aliphatic carbocycles. The number of hydrogen-bond donors (Lipinski definition) is 1. The van der Waals surface area contributed by atoms with Crippen LogP contribution in [0.3, 0.4) is 0 Å². The van der Waals surface area contributed by atoms with Gasteiger partial charge in [-0.15, -0.1) is 10.2 Å². The SMILES string of the molecule is Cn1c(CCNC(=O)c2ccccc2)nnc1-c1ccccc1. The van der Waals surface area contributed by atoms with E-state index in [1.165, 1.54) is 0 Å². The average molecular weight is 306 g/mol. The van der Waals surface area contributed by atoms with Crippen molar-refractivity contribution in [2.24, 2.45) is 7.05 Å². The van der Waals surface area contributed by atoms with Crippen molar-refractivity contribution >= 4 is 5.91 Å². The van der Waals surface area contributed by atoms with E-state index >= 15 is 0 Å². The molecule has 2 aromatic carbocycles. The summed E-state index contributed by atoms with van der Waals surface area (Å²) in [5.41, 5.74) is 1.69. The minimum absolute atomic E-state index is 0.0731. The third-order valence-electron chi connectivity index (χ3n) is 3.67. The van der Waals surface area contributed by atoms with Crippen LogP contribution in [-0.4, -0.2) is 27.2 Å². The van der Waals surface area contributed by atoms with Crippen LogP contribution in [-0.2, 0) is 13.5 Å². The van der Waals surface area contributed by atoms with Crippen LogP contribution in [0.5, 0.6) is 0 Å². The maximum absolute atomic E-state index is 12.0. The Morgan fingerprint density at radius 2 is 1.65 bits per heavy atom. The van der Waals surface area contributed by atoms with Gasteiger partial charge in [0.1, 0.15) is 5.82 Å². The number of nitrogens with one attached hydrogen (secondary N) is 1. The van der Waals surface area contributed by atoms with E-state index in [1.807, 2.05) is 60.1 Å². The average Bonchev–Trinajstić information content (AvgIpc) is 2.97. The number of rotatable bonds is 5. The summed E-state index contributed by atoms with van der Waals surface area (Å²) in [4.78, 5) is 12.0. The molecule has 0 aliphatic heterocycles. The standard InChI is InChI=1S/C18H18N4O/c1-22-16(20-21-17(22)14-8-4-2-5-9-14)12-13-19-18(23)15-10-6-3-7-11-15/h2-11H,12-13H2,1H3,(H,19,23). The minimum Gasteiger partial charge on any atom is -0.352 e. The largest absolute Gasteiger partial charge is 0.352 e. The Morgan fingerprint density at radius 1 is 1.00 bits per heavy atom. The van der Waals surface area contributed by atoms with Gasteiger partial charge in [-0.3, -0.25) is 4.79 Å². The molecule has 0 radical (unpaired) electrons. The molecular formula is C18H18N4O. The van der Waals surface area contributed by atoms with Crippen molar-refractivity contribution in [1.82, 2.24) is 20.1 Å². The lowest BCUT2D eigenvalue weighted by atomic mass is 10.2. The Bertz CT molecular complexity index is 781. The van der Waals surface area contributed by atoms with E-state index in [0.29, 0.717) is 18.5 Å². The molecule has 1 N–H and O–H groups in total. The summed E-state index contributed by atoms with van der Waals surface area (Å²) < 4.78 is 1.96. The van der Waals surface area contributed by atoms with Crippen LogP contribution in [0, 0.1) is 0 Å². The van der Waals surface area contributed by atoms with Crippen molar-refractivity contribution in [2.75, 3.05) is 6.54 Å². The van der Waals surface area contributed by atoms with E-state index in [2.05, 4.69) is 15.5 Å². The number of carbonyl (C=O) groups excluding carboxylic acids is 1. The number of aromatic nitrogens is 3. The normalized spacial score (nSPS) is 10.5. The first-order chi connectivity index (χ1) is 11.3. The summed E-state index contributed by atoms with van der Waals surface area (Å²) in [5.74, 6) is 1.60. The maximum Gasteiger partial charge on any atom is 0.251 e. The second-order valence-electron chi connectivity index (χ2n) is 5.24. The molecule has 3 aromatic rings. The number of amides is 1. The second kappa shape index (κ2) is 6.87. The van der Waals surface area contributed by atoms with Crippen molar-refractivity contribution in [1.29, 1.82) is 0 Å². The number of hydrogen-bond acceptors (Lipinski definition) is 3. The van der Waals surface area contributed by atoms with Crippen LogP contribution in [0.4, 0.5) is 0 Å². The highest BCUT2D eigenvalue weighted by atomic mass is 16.1. The van der Waals surface area contributed by atoms with Crippen LogP contribution in [0.1, 0.15) is 16.2 Å². The minimum atomic E-state index is -0.0731. The molecule has 0 unspecified atom stereocenters. The fourth-order valence-electron chi connectivity index (χ4n) is 2.40. The first-order valence-corrected chi connectivity index (χ1v) is 7.52. The Balaban J connectivity index is 1.61. The molecule has 0 saturated heterocycles. The van der Waals surface area contributed by atoms with Crippen molar-refractivity contribution in [3.63, 3.8) is 0 Å². The van der Waals surface area contributed by atoms with E-state index in [0.717, 1.165) is 17.2 Å². The molecule has 0 bridgehead atoms. The van der Waals surface area contributed by atoms with Gasteiger partial charge in [-0.2, -0.15) is 0 Å². The summed E-state index contributed by atoms with van der Waals surface area (Å²) in [6.45, 7) is 0.522. The zero-order chi connectivity index (χ0) is 16.1. The smallest absolute Gasteiger partial charge is 0.251 e. The van der Waals surface area contributed by atoms with Crippen LogP contribution < -0.4 is 5.32 Å². The zero-order valence-corrected chi connectivity index (χ0v) is 12.9. The highest BCUT2D eigenvalue weighted by Crippen LogP contribution is 2.16. The summed E-state index contributed by atoms with van der Waals surface area (Å²) in [7, 11) is 1.94. The van der Waals surface area contributed by atoms with E-state index in [1.54, 1.807) is 12.1 Å². The molecule has 0 atom stereocenters. The Morgan fingerprint density at radius 3 is 2.35 bits per heavy atom. The van der Waals surface area contributed by atoms with Crippen LogP contribution in [0.25, 0.3) is 11.4 Å². The molecule has 1 aromatic heterocycles. The molecule has 3 rings (SSSR count). The van der Waals surface area contributed by atoms with E-state index in [9.17, 15) is 4.79 Å². The van der Waals surface area contributed by atoms with Crippen molar-refractivity contribution in [3.05, 3.63) is 72.1 Å². The van der Waals surface area contributed by atoms with Gasteiger partial charge in [0.15, 0.2) is 5.82 Å². The van der Waals surface area contributed by atoms with Crippen molar-refractivity contribution in [3.8, 4) is 11.4 Å². The quantitative estimate of drug-likeness (QED) is 0.787. The number of nitrogens with zero attached hydrogens (tertiary/aromatic N) is 3. The van der Waals surface area contributed by atoms with E-state index in [4.69, 9.17) is 0 Å². The molecular weight excluding hydrogens is 288 g/mol. The fourth-order valence-corrected chi connectivity index (χ4v) is 2.40. The third kappa shape index (κ3) is 3.45. The Kier molecular flexibility index (Phi) is 4.47. The van der Waals surface area contributed by atoms with E-state index < -0.39 is 0 Å². The summed E-state index contributed by atoms with van der Waals surface area (Å²) in [6, 6.07) is 19.1. The molecule has 0 spiro atoms. The lowest BCUT2D eigenvalue weighted by Crippen LogP contribution is -2.26. The first-order valence-electron chi connectivity index (χ1n) is 7.52. The summed E-state index contributed by atoms with van der Waals surface area (Å²) in [5, 5.41) is 11.4. The highest BCUT2D eigenvalue weighted by Gasteiger charge is 2.11. The first kappa shape index (κ1) is 15.0. The van der Waals surface area contributed by atoms with Crippen LogP contribution in [0.15, 0.2) is 60.7 Å². The molecule has 23 heavy (non-hydrogen) atoms. The van der Waals surface area contributed by atoms with Gasteiger partial charge in [-0.05, 0) is 12.1 Å². The van der Waals surface area contributed by atoms with Crippen LogP contribution in [0.2, 0.25) is 0 Å².